The van der Waals surface area contributed by atoms with Crippen LogP contribution in [-0.2, 0) is 9.59 Å². The summed E-state index contributed by atoms with van der Waals surface area (Å²) in [6.07, 6.45) is 0. The number of β-lactam (4-membered cyclic amide) rings is 1. The first-order chi connectivity index (χ1) is 13.6. The van der Waals surface area contributed by atoms with Crippen LogP contribution in [0.3, 0.4) is 0 Å². The second-order valence-corrected chi connectivity index (χ2v) is 9.67. The van der Waals surface area contributed by atoms with Crippen LogP contribution >= 0.6 is 23.4 Å². The van der Waals surface area contributed by atoms with E-state index in [4.69, 9.17) is 16.1 Å². The molecule has 1 aromatic heterocycles. The van der Waals surface area contributed by atoms with E-state index in [9.17, 15) is 19.5 Å². The molecule has 29 heavy (non-hydrogen) atoms. The molecule has 4 rings (SSSR count). The normalized spacial score (nSPS) is 24.8. The number of aliphatic carboxylic acids is 1. The molecule has 0 aliphatic carbocycles. The average molecular weight is 436 g/mol. The molecule has 2 aromatic rings. The van der Waals surface area contributed by atoms with Crippen LogP contribution in [0.15, 0.2) is 28.8 Å². The molecule has 2 amide bonds. The first-order valence-electron chi connectivity index (χ1n) is 8.88. The Balaban J connectivity index is 1.60. The first-order valence-corrected chi connectivity index (χ1v) is 10.1. The molecule has 2 saturated heterocycles. The molecule has 8 nitrogen and oxygen atoms in total. The highest BCUT2D eigenvalue weighted by atomic mass is 35.5. The van der Waals surface area contributed by atoms with E-state index in [1.165, 1.54) is 16.7 Å². The molecule has 152 valence electrons. The minimum atomic E-state index is -1.06. The summed E-state index contributed by atoms with van der Waals surface area (Å²) in [5.41, 5.74) is 1.03. The molecular weight excluding hydrogens is 418 g/mol. The Bertz CT molecular complexity index is 1040. The summed E-state index contributed by atoms with van der Waals surface area (Å²) in [6.45, 7) is 5.16. The van der Waals surface area contributed by atoms with Gasteiger partial charge in [-0.05, 0) is 26.8 Å². The number of rotatable bonds is 4. The van der Waals surface area contributed by atoms with Crippen molar-refractivity contribution in [3.05, 3.63) is 40.6 Å². The third-order valence-electron chi connectivity index (χ3n) is 5.18. The highest BCUT2D eigenvalue weighted by Crippen LogP contribution is 2.50. The number of carboxylic acid groups (broad SMARTS) is 1. The van der Waals surface area contributed by atoms with Gasteiger partial charge in [-0.25, -0.2) is 4.79 Å². The number of thioether (sulfide) groups is 1. The monoisotopic (exact) mass is 435 g/mol. The minimum absolute atomic E-state index is 0.196. The van der Waals surface area contributed by atoms with Gasteiger partial charge in [0.05, 0.1) is 5.02 Å². The van der Waals surface area contributed by atoms with Gasteiger partial charge in [0.15, 0.2) is 0 Å². The maximum Gasteiger partial charge on any atom is 0.327 e. The summed E-state index contributed by atoms with van der Waals surface area (Å²) in [7, 11) is 0. The lowest BCUT2D eigenvalue weighted by Crippen LogP contribution is -2.70. The summed E-state index contributed by atoms with van der Waals surface area (Å²) >= 11 is 7.59. The van der Waals surface area contributed by atoms with Crippen molar-refractivity contribution >= 4 is 41.1 Å². The number of amides is 2. The Hall–Kier alpha value is -2.52. The standard InChI is InChI=1S/C19H18ClN3O5S/c1-8-11(12(22-28-8)9-6-4-5-7-10(9)20)15(24)21-13-16(25)23-14(18(26)27)19(2,3)29-17(13)23/h4-7,13-14,17H,1-3H3,(H,21,24)(H,26,27)/t13?,14?,17-/m1/s1. The van der Waals surface area contributed by atoms with Gasteiger partial charge in [0.2, 0.25) is 5.91 Å². The van der Waals surface area contributed by atoms with E-state index in [2.05, 4.69) is 10.5 Å². The van der Waals surface area contributed by atoms with Crippen LogP contribution in [-0.4, -0.2) is 55.2 Å². The predicted octanol–water partition coefficient (Wildman–Crippen LogP) is 2.55. The fraction of sp³-hybridized carbons (Fsp3) is 0.368. The van der Waals surface area contributed by atoms with Crippen molar-refractivity contribution in [3.8, 4) is 11.3 Å². The molecule has 2 fully saturated rings. The zero-order valence-electron chi connectivity index (χ0n) is 15.8. The third-order valence-corrected chi connectivity index (χ3v) is 7.08. The lowest BCUT2D eigenvalue weighted by atomic mass is 9.95. The molecule has 1 aromatic carbocycles. The van der Waals surface area contributed by atoms with Gasteiger partial charge < -0.3 is 19.8 Å². The smallest absolute Gasteiger partial charge is 0.327 e. The highest BCUT2D eigenvalue weighted by molar-refractivity contribution is 8.01. The van der Waals surface area contributed by atoms with Gasteiger partial charge in [-0.3, -0.25) is 9.59 Å². The number of hydrogen-bond donors (Lipinski definition) is 2. The number of nitrogens with zero attached hydrogens (tertiary/aromatic N) is 2. The fourth-order valence-corrected chi connectivity index (χ4v) is 5.69. The van der Waals surface area contributed by atoms with Crippen molar-refractivity contribution in [1.82, 2.24) is 15.4 Å². The molecule has 2 aliphatic heterocycles. The van der Waals surface area contributed by atoms with Crippen LogP contribution in [0.25, 0.3) is 11.3 Å². The lowest BCUT2D eigenvalue weighted by Gasteiger charge is -2.43. The van der Waals surface area contributed by atoms with Crippen molar-refractivity contribution < 1.29 is 24.0 Å². The molecule has 2 N–H and O–H groups in total. The Morgan fingerprint density at radius 3 is 2.69 bits per heavy atom. The van der Waals surface area contributed by atoms with E-state index in [0.717, 1.165) is 0 Å². The number of halogens is 1. The molecule has 3 atom stereocenters. The van der Waals surface area contributed by atoms with Crippen LogP contribution in [0.4, 0.5) is 0 Å². The van der Waals surface area contributed by atoms with Gasteiger partial charge in [0.25, 0.3) is 5.91 Å². The van der Waals surface area contributed by atoms with Crippen LogP contribution in [0.1, 0.15) is 30.0 Å². The number of fused-ring (bicyclic) bond motifs is 1. The summed E-state index contributed by atoms with van der Waals surface area (Å²) in [4.78, 5) is 38.6. The SMILES string of the molecule is Cc1onc(-c2ccccc2Cl)c1C(=O)NC1C(=O)N2C(C(=O)O)C(C)(C)S[C@H]12. The summed E-state index contributed by atoms with van der Waals surface area (Å²) in [5, 5.41) is 16.2. The molecule has 0 saturated carbocycles. The zero-order chi connectivity index (χ0) is 21.1. The van der Waals surface area contributed by atoms with Crippen LogP contribution in [0.5, 0.6) is 0 Å². The van der Waals surface area contributed by atoms with Gasteiger partial charge in [-0.1, -0.05) is 35.0 Å². The molecule has 0 spiro atoms. The van der Waals surface area contributed by atoms with Crippen molar-refractivity contribution in [2.75, 3.05) is 0 Å². The summed E-state index contributed by atoms with van der Waals surface area (Å²) < 4.78 is 4.54. The number of carbonyl (C=O) groups excluding carboxylic acids is 2. The molecule has 0 radical (unpaired) electrons. The number of aromatic nitrogens is 1. The van der Waals surface area contributed by atoms with Gasteiger partial charge in [-0.15, -0.1) is 11.8 Å². The minimum Gasteiger partial charge on any atom is -0.480 e. The predicted molar refractivity (Wildman–Crippen MR) is 107 cm³/mol. The van der Waals surface area contributed by atoms with E-state index in [0.29, 0.717) is 16.3 Å². The third kappa shape index (κ3) is 3.00. The Labute approximate surface area is 175 Å². The number of nitrogens with one attached hydrogen (secondary N) is 1. The molecule has 3 heterocycles. The van der Waals surface area contributed by atoms with Gasteiger partial charge in [0.1, 0.15) is 34.5 Å². The summed E-state index contributed by atoms with van der Waals surface area (Å²) in [6, 6.07) is 5.18. The number of carboxylic acids is 1. The number of benzene rings is 1. The Kier molecular flexibility index (Phi) is 4.62. The molecule has 2 unspecified atom stereocenters. The summed E-state index contributed by atoms with van der Waals surface area (Å²) in [5.74, 6) is -1.70. The lowest BCUT2D eigenvalue weighted by molar-refractivity contribution is -0.159. The van der Waals surface area contributed by atoms with E-state index < -0.39 is 40.0 Å². The van der Waals surface area contributed by atoms with Crippen LogP contribution in [0, 0.1) is 6.92 Å². The van der Waals surface area contributed by atoms with E-state index in [1.807, 2.05) is 0 Å². The second-order valence-electron chi connectivity index (χ2n) is 7.49. The quantitative estimate of drug-likeness (QED) is 0.709. The van der Waals surface area contributed by atoms with Gasteiger partial charge in [-0.2, -0.15) is 0 Å². The average Bonchev–Trinajstić information content (AvgIpc) is 3.15. The number of hydrogen-bond acceptors (Lipinski definition) is 6. The Morgan fingerprint density at radius 2 is 2.03 bits per heavy atom. The maximum atomic E-state index is 13.0. The molecule has 10 heteroatoms. The number of carbonyl (C=O) groups is 3. The van der Waals surface area contributed by atoms with Crippen LogP contribution in [0.2, 0.25) is 5.02 Å². The van der Waals surface area contributed by atoms with Crippen LogP contribution < -0.4 is 5.32 Å². The highest BCUT2D eigenvalue weighted by Gasteiger charge is 2.64. The van der Waals surface area contributed by atoms with E-state index >= 15 is 0 Å². The largest absolute Gasteiger partial charge is 0.480 e. The fourth-order valence-electron chi connectivity index (χ4n) is 3.84. The van der Waals surface area contributed by atoms with Crippen molar-refractivity contribution in [3.63, 3.8) is 0 Å². The van der Waals surface area contributed by atoms with Gasteiger partial charge in [0, 0.05) is 10.3 Å². The van der Waals surface area contributed by atoms with Crippen molar-refractivity contribution in [2.45, 2.75) is 43.0 Å². The maximum absolute atomic E-state index is 13.0. The molecular formula is C19H18ClN3O5S. The molecule has 0 bridgehead atoms. The van der Waals surface area contributed by atoms with Crippen molar-refractivity contribution in [2.24, 2.45) is 0 Å². The zero-order valence-corrected chi connectivity index (χ0v) is 17.4. The van der Waals surface area contributed by atoms with Crippen molar-refractivity contribution in [1.29, 1.82) is 0 Å². The van der Waals surface area contributed by atoms with Gasteiger partial charge >= 0.3 is 5.97 Å². The van der Waals surface area contributed by atoms with E-state index in [-0.39, 0.29) is 11.3 Å². The van der Waals surface area contributed by atoms with E-state index in [1.54, 1.807) is 45.0 Å². The topological polar surface area (TPSA) is 113 Å². The second kappa shape index (κ2) is 6.77. The molecule has 2 aliphatic rings. The Morgan fingerprint density at radius 1 is 1.34 bits per heavy atom. The first kappa shape index (κ1) is 19.8. The number of aryl methyl sites for hydroxylation is 1.